The van der Waals surface area contributed by atoms with Gasteiger partial charge in [-0.2, -0.15) is 0 Å². The van der Waals surface area contributed by atoms with E-state index in [4.69, 9.17) is 4.42 Å². The number of benzene rings is 1. The first-order valence-corrected chi connectivity index (χ1v) is 7.60. The summed E-state index contributed by atoms with van der Waals surface area (Å²) in [5.41, 5.74) is 1.29. The number of carbonyl (C=O) groups excluding carboxylic acids is 2. The minimum absolute atomic E-state index is 0.113. The van der Waals surface area contributed by atoms with Gasteiger partial charge >= 0.3 is 0 Å². The van der Waals surface area contributed by atoms with Gasteiger partial charge in [0.05, 0.1) is 19.4 Å². The Balaban J connectivity index is 1.80. The lowest BCUT2D eigenvalue weighted by Gasteiger charge is -2.09. The van der Waals surface area contributed by atoms with Gasteiger partial charge in [-0.3, -0.25) is 9.59 Å². The smallest absolute Gasteiger partial charge is 0.251 e. The van der Waals surface area contributed by atoms with E-state index in [2.05, 4.69) is 16.0 Å². The van der Waals surface area contributed by atoms with Crippen LogP contribution in [0.2, 0.25) is 0 Å². The molecule has 0 aliphatic rings. The van der Waals surface area contributed by atoms with E-state index in [0.717, 1.165) is 12.1 Å². The molecule has 0 aliphatic carbocycles. The Morgan fingerprint density at radius 1 is 1.13 bits per heavy atom. The van der Waals surface area contributed by atoms with Crippen molar-refractivity contribution in [2.45, 2.75) is 19.9 Å². The summed E-state index contributed by atoms with van der Waals surface area (Å²) in [6.45, 7) is 3.12. The third-order valence-corrected chi connectivity index (χ3v) is 3.15. The van der Waals surface area contributed by atoms with Crippen LogP contribution in [0.4, 0.5) is 5.69 Å². The highest BCUT2D eigenvalue weighted by molar-refractivity contribution is 5.95. The predicted molar refractivity (Wildman–Crippen MR) is 88.1 cm³/mol. The molecule has 0 aliphatic heterocycles. The SMILES string of the molecule is CCCNC(=O)c1cccc(NCC(=O)NCc2ccco2)c1. The van der Waals surface area contributed by atoms with Crippen LogP contribution in [-0.4, -0.2) is 24.9 Å². The van der Waals surface area contributed by atoms with E-state index in [1.54, 1.807) is 36.6 Å². The highest BCUT2D eigenvalue weighted by Crippen LogP contribution is 2.10. The molecule has 1 heterocycles. The molecular formula is C17H21N3O3. The third-order valence-electron chi connectivity index (χ3n) is 3.15. The minimum atomic E-state index is -0.151. The molecule has 2 rings (SSSR count). The molecule has 2 amide bonds. The summed E-state index contributed by atoms with van der Waals surface area (Å²) in [5.74, 6) is 0.438. The molecule has 2 aromatic rings. The fraction of sp³-hybridized carbons (Fsp3) is 0.294. The molecule has 6 nitrogen and oxygen atoms in total. The van der Waals surface area contributed by atoms with E-state index in [0.29, 0.717) is 24.4 Å². The van der Waals surface area contributed by atoms with Crippen molar-refractivity contribution in [3.05, 3.63) is 54.0 Å². The summed E-state index contributed by atoms with van der Waals surface area (Å²) in [6, 6.07) is 10.6. The molecule has 0 saturated heterocycles. The zero-order chi connectivity index (χ0) is 16.5. The van der Waals surface area contributed by atoms with Crippen molar-refractivity contribution in [3.8, 4) is 0 Å². The van der Waals surface area contributed by atoms with Crippen molar-refractivity contribution in [2.24, 2.45) is 0 Å². The lowest BCUT2D eigenvalue weighted by atomic mass is 10.2. The van der Waals surface area contributed by atoms with Gasteiger partial charge in [0.15, 0.2) is 0 Å². The van der Waals surface area contributed by atoms with Crippen LogP contribution in [0.3, 0.4) is 0 Å². The average molecular weight is 315 g/mol. The zero-order valence-electron chi connectivity index (χ0n) is 13.1. The number of hydrogen-bond acceptors (Lipinski definition) is 4. The summed E-state index contributed by atoms with van der Waals surface area (Å²) in [6.07, 6.45) is 2.45. The second kappa shape index (κ2) is 8.63. The molecule has 23 heavy (non-hydrogen) atoms. The number of furan rings is 1. The molecule has 0 bridgehead atoms. The lowest BCUT2D eigenvalue weighted by Crippen LogP contribution is -2.29. The summed E-state index contributed by atoms with van der Waals surface area (Å²) in [7, 11) is 0. The monoisotopic (exact) mass is 315 g/mol. The van der Waals surface area contributed by atoms with Gasteiger partial charge in [0, 0.05) is 17.8 Å². The molecule has 0 atom stereocenters. The van der Waals surface area contributed by atoms with Crippen molar-refractivity contribution < 1.29 is 14.0 Å². The molecule has 6 heteroatoms. The molecule has 1 aromatic carbocycles. The van der Waals surface area contributed by atoms with Crippen LogP contribution in [0.5, 0.6) is 0 Å². The summed E-state index contributed by atoms with van der Waals surface area (Å²) in [4.78, 5) is 23.7. The Hall–Kier alpha value is -2.76. The Morgan fingerprint density at radius 2 is 2.00 bits per heavy atom. The van der Waals surface area contributed by atoms with Gasteiger partial charge in [-0.15, -0.1) is 0 Å². The predicted octanol–water partition coefficient (Wildman–Crippen LogP) is 2.15. The van der Waals surface area contributed by atoms with Gasteiger partial charge in [0.2, 0.25) is 5.91 Å². The number of nitrogens with one attached hydrogen (secondary N) is 3. The average Bonchev–Trinajstić information content (AvgIpc) is 3.09. The largest absolute Gasteiger partial charge is 0.467 e. The molecule has 0 saturated carbocycles. The molecular weight excluding hydrogens is 294 g/mol. The van der Waals surface area contributed by atoms with Crippen molar-refractivity contribution in [3.63, 3.8) is 0 Å². The molecule has 1 aromatic heterocycles. The first kappa shape index (κ1) is 16.6. The van der Waals surface area contributed by atoms with E-state index in [1.165, 1.54) is 0 Å². The van der Waals surface area contributed by atoms with E-state index >= 15 is 0 Å². The van der Waals surface area contributed by atoms with Crippen molar-refractivity contribution >= 4 is 17.5 Å². The van der Waals surface area contributed by atoms with E-state index in [9.17, 15) is 9.59 Å². The van der Waals surface area contributed by atoms with Gasteiger partial charge in [0.25, 0.3) is 5.91 Å². The minimum Gasteiger partial charge on any atom is -0.467 e. The highest BCUT2D eigenvalue weighted by Gasteiger charge is 2.06. The van der Waals surface area contributed by atoms with Crippen molar-refractivity contribution in [1.29, 1.82) is 0 Å². The summed E-state index contributed by atoms with van der Waals surface area (Å²) in [5, 5.41) is 8.57. The van der Waals surface area contributed by atoms with Gasteiger partial charge in [0.1, 0.15) is 5.76 Å². The maximum Gasteiger partial charge on any atom is 0.251 e. The van der Waals surface area contributed by atoms with Gasteiger partial charge in [-0.25, -0.2) is 0 Å². The van der Waals surface area contributed by atoms with Crippen LogP contribution in [0.1, 0.15) is 29.5 Å². The molecule has 0 spiro atoms. The molecule has 3 N–H and O–H groups in total. The normalized spacial score (nSPS) is 10.1. The van der Waals surface area contributed by atoms with Crippen LogP contribution in [-0.2, 0) is 11.3 Å². The maximum absolute atomic E-state index is 11.9. The van der Waals surface area contributed by atoms with Crippen molar-refractivity contribution in [2.75, 3.05) is 18.4 Å². The number of rotatable bonds is 8. The van der Waals surface area contributed by atoms with E-state index < -0.39 is 0 Å². The standard InChI is InChI=1S/C17H21N3O3/c1-2-8-18-17(22)13-5-3-6-14(10-13)19-12-16(21)20-11-15-7-4-9-23-15/h3-7,9-10,19H,2,8,11-12H2,1H3,(H,18,22)(H,20,21). The zero-order valence-corrected chi connectivity index (χ0v) is 13.1. The lowest BCUT2D eigenvalue weighted by molar-refractivity contribution is -0.119. The number of anilines is 1. The molecule has 0 unspecified atom stereocenters. The summed E-state index contributed by atoms with van der Waals surface area (Å²) >= 11 is 0. The second-order valence-electron chi connectivity index (χ2n) is 5.05. The fourth-order valence-electron chi connectivity index (χ4n) is 1.95. The van der Waals surface area contributed by atoms with Gasteiger partial charge in [-0.1, -0.05) is 13.0 Å². The van der Waals surface area contributed by atoms with Crippen LogP contribution >= 0.6 is 0 Å². The fourth-order valence-corrected chi connectivity index (χ4v) is 1.95. The Bertz CT molecular complexity index is 638. The van der Waals surface area contributed by atoms with Gasteiger partial charge in [-0.05, 0) is 36.8 Å². The Kier molecular flexibility index (Phi) is 6.23. The third kappa shape index (κ3) is 5.50. The second-order valence-corrected chi connectivity index (χ2v) is 5.05. The van der Waals surface area contributed by atoms with Crippen molar-refractivity contribution in [1.82, 2.24) is 10.6 Å². The van der Waals surface area contributed by atoms with Crippen LogP contribution in [0.25, 0.3) is 0 Å². The molecule has 122 valence electrons. The van der Waals surface area contributed by atoms with Crippen LogP contribution < -0.4 is 16.0 Å². The number of amides is 2. The summed E-state index contributed by atoms with van der Waals surface area (Å²) < 4.78 is 5.14. The number of hydrogen-bond donors (Lipinski definition) is 3. The van der Waals surface area contributed by atoms with Gasteiger partial charge < -0.3 is 20.4 Å². The molecule has 0 radical (unpaired) electrons. The first-order valence-electron chi connectivity index (χ1n) is 7.60. The Labute approximate surface area is 135 Å². The topological polar surface area (TPSA) is 83.4 Å². The molecule has 0 fully saturated rings. The quantitative estimate of drug-likeness (QED) is 0.697. The van der Waals surface area contributed by atoms with E-state index in [-0.39, 0.29) is 18.4 Å². The van der Waals surface area contributed by atoms with E-state index in [1.807, 2.05) is 13.0 Å². The number of carbonyl (C=O) groups is 2. The Morgan fingerprint density at radius 3 is 2.74 bits per heavy atom. The van der Waals surface area contributed by atoms with Crippen LogP contribution in [0, 0.1) is 0 Å². The van der Waals surface area contributed by atoms with Crippen LogP contribution in [0.15, 0.2) is 47.1 Å². The maximum atomic E-state index is 11.9. The first-order chi connectivity index (χ1) is 11.2. The highest BCUT2D eigenvalue weighted by atomic mass is 16.3.